The maximum Gasteiger partial charge on any atom is 0.0421 e. The van der Waals surface area contributed by atoms with Crippen LogP contribution in [0.3, 0.4) is 0 Å². The molecule has 2 N–H and O–H groups in total. The highest BCUT2D eigenvalue weighted by atomic mass is 14.9. The van der Waals surface area contributed by atoms with Gasteiger partial charge in [-0.3, -0.25) is 0 Å². The summed E-state index contributed by atoms with van der Waals surface area (Å²) < 4.78 is 0. The molecule has 0 radical (unpaired) electrons. The standard InChI is InChI=1S/C14H20N2/c1-3-8-15-9-7-12-5-4-6-14-13(12)10-11(2)16-14/h4-6,15-16H,2-3,7-10H2,1H3. The number of benzene rings is 1. The van der Waals surface area contributed by atoms with Gasteiger partial charge in [-0.25, -0.2) is 0 Å². The Balaban J connectivity index is 2.00. The van der Waals surface area contributed by atoms with Crippen molar-refractivity contribution in [2.45, 2.75) is 26.2 Å². The smallest absolute Gasteiger partial charge is 0.0421 e. The number of rotatable bonds is 5. The van der Waals surface area contributed by atoms with Crippen molar-refractivity contribution >= 4 is 5.69 Å². The van der Waals surface area contributed by atoms with E-state index < -0.39 is 0 Å². The lowest BCUT2D eigenvalue weighted by Gasteiger charge is -2.08. The molecule has 0 aromatic heterocycles. The molecule has 16 heavy (non-hydrogen) atoms. The first-order chi connectivity index (χ1) is 7.81. The van der Waals surface area contributed by atoms with Gasteiger partial charge in [-0.15, -0.1) is 0 Å². The summed E-state index contributed by atoms with van der Waals surface area (Å²) in [6, 6.07) is 6.49. The second-order valence-electron chi connectivity index (χ2n) is 4.35. The summed E-state index contributed by atoms with van der Waals surface area (Å²) in [5.41, 5.74) is 5.25. The molecule has 0 saturated heterocycles. The SMILES string of the molecule is C=C1Cc2c(CCNCCC)cccc2N1. The molecule has 0 fully saturated rings. The molecule has 0 bridgehead atoms. The number of hydrogen-bond donors (Lipinski definition) is 2. The molecule has 1 aliphatic heterocycles. The lowest BCUT2D eigenvalue weighted by molar-refractivity contribution is 0.670. The zero-order chi connectivity index (χ0) is 11.4. The summed E-state index contributed by atoms with van der Waals surface area (Å²) in [5, 5.41) is 6.77. The van der Waals surface area contributed by atoms with Crippen LogP contribution in [0.15, 0.2) is 30.5 Å². The largest absolute Gasteiger partial charge is 0.359 e. The van der Waals surface area contributed by atoms with Gasteiger partial charge in [-0.1, -0.05) is 25.6 Å². The van der Waals surface area contributed by atoms with Crippen LogP contribution in [0.4, 0.5) is 5.69 Å². The number of nitrogens with one attached hydrogen (secondary N) is 2. The van der Waals surface area contributed by atoms with Crippen molar-refractivity contribution in [3.8, 4) is 0 Å². The zero-order valence-corrected chi connectivity index (χ0v) is 9.97. The fourth-order valence-corrected chi connectivity index (χ4v) is 2.17. The fourth-order valence-electron chi connectivity index (χ4n) is 2.17. The van der Waals surface area contributed by atoms with Crippen molar-refractivity contribution in [3.05, 3.63) is 41.6 Å². The van der Waals surface area contributed by atoms with Gasteiger partial charge in [-0.2, -0.15) is 0 Å². The Morgan fingerprint density at radius 3 is 3.06 bits per heavy atom. The Hall–Kier alpha value is -1.28. The van der Waals surface area contributed by atoms with Gasteiger partial charge in [-0.05, 0) is 43.1 Å². The van der Waals surface area contributed by atoms with Gasteiger partial charge in [0, 0.05) is 17.8 Å². The second kappa shape index (κ2) is 5.17. The molecule has 0 aliphatic carbocycles. The monoisotopic (exact) mass is 216 g/mol. The number of fused-ring (bicyclic) bond motifs is 1. The van der Waals surface area contributed by atoms with Crippen LogP contribution in [-0.4, -0.2) is 13.1 Å². The van der Waals surface area contributed by atoms with Gasteiger partial charge in [0.2, 0.25) is 0 Å². The van der Waals surface area contributed by atoms with Gasteiger partial charge in [0.1, 0.15) is 0 Å². The minimum Gasteiger partial charge on any atom is -0.359 e. The molecule has 1 aromatic carbocycles. The quantitative estimate of drug-likeness (QED) is 0.739. The van der Waals surface area contributed by atoms with Gasteiger partial charge < -0.3 is 10.6 Å². The first-order valence-corrected chi connectivity index (χ1v) is 6.07. The van der Waals surface area contributed by atoms with E-state index in [1.54, 1.807) is 0 Å². The van der Waals surface area contributed by atoms with Crippen LogP contribution in [0.5, 0.6) is 0 Å². The molecular weight excluding hydrogens is 196 g/mol. The van der Waals surface area contributed by atoms with Gasteiger partial charge in [0.15, 0.2) is 0 Å². The van der Waals surface area contributed by atoms with Crippen molar-refractivity contribution in [2.24, 2.45) is 0 Å². The average Bonchev–Trinajstić information content (AvgIpc) is 2.65. The maximum absolute atomic E-state index is 3.99. The number of anilines is 1. The van der Waals surface area contributed by atoms with E-state index in [0.717, 1.165) is 31.6 Å². The predicted molar refractivity (Wildman–Crippen MR) is 69.8 cm³/mol. The third kappa shape index (κ3) is 2.45. The summed E-state index contributed by atoms with van der Waals surface area (Å²) in [5.74, 6) is 0. The van der Waals surface area contributed by atoms with Crippen molar-refractivity contribution in [2.75, 3.05) is 18.4 Å². The minimum absolute atomic E-state index is 0.985. The highest BCUT2D eigenvalue weighted by Crippen LogP contribution is 2.29. The van der Waals surface area contributed by atoms with E-state index >= 15 is 0 Å². The van der Waals surface area contributed by atoms with Gasteiger partial charge >= 0.3 is 0 Å². The first kappa shape index (κ1) is 11.2. The first-order valence-electron chi connectivity index (χ1n) is 6.07. The highest BCUT2D eigenvalue weighted by Gasteiger charge is 2.15. The second-order valence-corrected chi connectivity index (χ2v) is 4.35. The third-order valence-electron chi connectivity index (χ3n) is 2.97. The molecule has 2 rings (SSSR count). The summed E-state index contributed by atoms with van der Waals surface area (Å²) in [6.07, 6.45) is 3.29. The van der Waals surface area contributed by atoms with E-state index in [-0.39, 0.29) is 0 Å². The summed E-state index contributed by atoms with van der Waals surface area (Å²) in [7, 11) is 0. The molecule has 0 atom stereocenters. The Kier molecular flexibility index (Phi) is 3.62. The van der Waals surface area contributed by atoms with Crippen LogP contribution in [0, 0.1) is 0 Å². The van der Waals surface area contributed by atoms with Gasteiger partial charge in [0.05, 0.1) is 0 Å². The Morgan fingerprint density at radius 2 is 2.25 bits per heavy atom. The molecule has 2 nitrogen and oxygen atoms in total. The lowest BCUT2D eigenvalue weighted by atomic mass is 10.0. The molecule has 86 valence electrons. The topological polar surface area (TPSA) is 24.1 Å². The predicted octanol–water partition coefficient (Wildman–Crippen LogP) is 2.71. The van der Waals surface area contributed by atoms with Crippen molar-refractivity contribution in [1.82, 2.24) is 5.32 Å². The Bertz CT molecular complexity index is 382. The molecule has 2 heteroatoms. The molecule has 0 amide bonds. The summed E-state index contributed by atoms with van der Waals surface area (Å²) in [6.45, 7) is 8.37. The average molecular weight is 216 g/mol. The fraction of sp³-hybridized carbons (Fsp3) is 0.429. The van der Waals surface area contributed by atoms with Crippen LogP contribution >= 0.6 is 0 Å². The maximum atomic E-state index is 3.99. The van der Waals surface area contributed by atoms with E-state index in [2.05, 4.69) is 42.3 Å². The molecule has 0 spiro atoms. The van der Waals surface area contributed by atoms with Gasteiger partial charge in [0.25, 0.3) is 0 Å². The van der Waals surface area contributed by atoms with E-state index in [4.69, 9.17) is 0 Å². The van der Waals surface area contributed by atoms with Crippen LogP contribution in [0.2, 0.25) is 0 Å². The normalized spacial score (nSPS) is 13.7. The highest BCUT2D eigenvalue weighted by molar-refractivity contribution is 5.64. The van der Waals surface area contributed by atoms with Crippen LogP contribution in [-0.2, 0) is 12.8 Å². The van der Waals surface area contributed by atoms with E-state index in [0.29, 0.717) is 0 Å². The molecule has 0 saturated carbocycles. The van der Waals surface area contributed by atoms with Crippen molar-refractivity contribution < 1.29 is 0 Å². The molecule has 1 aromatic rings. The zero-order valence-electron chi connectivity index (χ0n) is 9.97. The van der Waals surface area contributed by atoms with Crippen LogP contribution in [0.1, 0.15) is 24.5 Å². The molecule has 1 aliphatic rings. The Labute approximate surface area is 97.8 Å². The van der Waals surface area contributed by atoms with Crippen LogP contribution in [0.25, 0.3) is 0 Å². The van der Waals surface area contributed by atoms with E-state index in [1.165, 1.54) is 23.2 Å². The minimum atomic E-state index is 0.985. The molecule has 0 unspecified atom stereocenters. The third-order valence-corrected chi connectivity index (χ3v) is 2.97. The summed E-state index contributed by atoms with van der Waals surface area (Å²) in [4.78, 5) is 0. The van der Waals surface area contributed by atoms with Crippen molar-refractivity contribution in [1.29, 1.82) is 0 Å². The lowest BCUT2D eigenvalue weighted by Crippen LogP contribution is -2.18. The Morgan fingerprint density at radius 1 is 1.38 bits per heavy atom. The van der Waals surface area contributed by atoms with Crippen LogP contribution < -0.4 is 10.6 Å². The summed E-state index contributed by atoms with van der Waals surface area (Å²) >= 11 is 0. The van der Waals surface area contributed by atoms with Crippen molar-refractivity contribution in [3.63, 3.8) is 0 Å². The number of allylic oxidation sites excluding steroid dienone is 1. The van der Waals surface area contributed by atoms with E-state index in [9.17, 15) is 0 Å². The van der Waals surface area contributed by atoms with E-state index in [1.807, 2.05) is 0 Å². The number of hydrogen-bond acceptors (Lipinski definition) is 2. The molecule has 1 heterocycles. The molecular formula is C14H20N2.